The van der Waals surface area contributed by atoms with Crippen LogP contribution in [-0.2, 0) is 14.3 Å². The lowest BCUT2D eigenvalue weighted by Crippen LogP contribution is -2.10. The van der Waals surface area contributed by atoms with Gasteiger partial charge in [-0.05, 0) is 23.3 Å². The summed E-state index contributed by atoms with van der Waals surface area (Å²) >= 11 is 0. The van der Waals surface area contributed by atoms with Gasteiger partial charge in [0.2, 0.25) is 5.83 Å². The molecule has 1 aliphatic rings. The Labute approximate surface area is 106 Å². The van der Waals surface area contributed by atoms with Crippen molar-refractivity contribution in [3.05, 3.63) is 11.9 Å². The second kappa shape index (κ2) is 5.08. The molecule has 2 atom stereocenters. The van der Waals surface area contributed by atoms with E-state index in [9.17, 15) is 14.0 Å². The largest absolute Gasteiger partial charge is 0.481 e. The second-order valence-corrected chi connectivity index (χ2v) is 5.67. The third kappa shape index (κ3) is 3.09. The van der Waals surface area contributed by atoms with E-state index in [0.717, 1.165) is 6.08 Å². The number of esters is 1. The minimum Gasteiger partial charge on any atom is -0.481 e. The van der Waals surface area contributed by atoms with Crippen LogP contribution in [0.15, 0.2) is 11.9 Å². The number of carboxylic acid groups (broad SMARTS) is 1. The van der Waals surface area contributed by atoms with Crippen LogP contribution in [-0.4, -0.2) is 23.7 Å². The first-order valence-corrected chi connectivity index (χ1v) is 5.95. The number of carbonyl (C=O) groups is 2. The fourth-order valence-corrected chi connectivity index (χ4v) is 2.00. The summed E-state index contributed by atoms with van der Waals surface area (Å²) in [6.45, 7) is 7.31. The van der Waals surface area contributed by atoms with E-state index in [2.05, 4.69) is 0 Å². The summed E-state index contributed by atoms with van der Waals surface area (Å²) in [4.78, 5) is 22.2. The normalized spacial score (nSPS) is 26.0. The van der Waals surface area contributed by atoms with Crippen molar-refractivity contribution in [1.29, 1.82) is 0 Å². The zero-order chi connectivity index (χ0) is 14.1. The van der Waals surface area contributed by atoms with Crippen LogP contribution in [0.25, 0.3) is 0 Å². The molecule has 1 rings (SSSR count). The van der Waals surface area contributed by atoms with Crippen molar-refractivity contribution in [1.82, 2.24) is 0 Å². The molecule has 0 aromatic rings. The second-order valence-electron chi connectivity index (χ2n) is 5.67. The minimum absolute atomic E-state index is 0.130. The molecule has 102 valence electrons. The molecule has 0 aromatic heterocycles. The van der Waals surface area contributed by atoms with E-state index in [-0.39, 0.29) is 12.5 Å². The minimum atomic E-state index is -1.02. The number of ether oxygens (including phenoxy) is 1. The van der Waals surface area contributed by atoms with E-state index in [1.165, 1.54) is 0 Å². The number of carboxylic acids is 1. The Bertz CT molecular complexity index is 384. The highest BCUT2D eigenvalue weighted by atomic mass is 19.1. The molecular weight excluding hydrogens is 239 g/mol. The van der Waals surface area contributed by atoms with Crippen LogP contribution < -0.4 is 0 Å². The Kier molecular flexibility index (Phi) is 4.14. The van der Waals surface area contributed by atoms with Gasteiger partial charge in [0, 0.05) is 0 Å². The molecule has 0 bridgehead atoms. The van der Waals surface area contributed by atoms with Crippen molar-refractivity contribution in [3.63, 3.8) is 0 Å². The van der Waals surface area contributed by atoms with Crippen molar-refractivity contribution in [3.8, 4) is 0 Å². The molecule has 4 nitrogen and oxygen atoms in total. The predicted octanol–water partition coefficient (Wildman–Crippen LogP) is 2.40. The molecule has 1 N–H and O–H groups in total. The maximum absolute atomic E-state index is 13.5. The van der Waals surface area contributed by atoms with Gasteiger partial charge in [-0.15, -0.1) is 0 Å². The van der Waals surface area contributed by atoms with E-state index in [1.807, 2.05) is 13.8 Å². The van der Waals surface area contributed by atoms with E-state index < -0.39 is 35.0 Å². The van der Waals surface area contributed by atoms with E-state index in [0.29, 0.717) is 0 Å². The van der Waals surface area contributed by atoms with E-state index >= 15 is 0 Å². The van der Waals surface area contributed by atoms with Crippen LogP contribution in [0.2, 0.25) is 0 Å². The Hall–Kier alpha value is -1.39. The van der Waals surface area contributed by atoms with Gasteiger partial charge in [0.15, 0.2) is 0 Å². The average Bonchev–Trinajstić information content (AvgIpc) is 2.76. The van der Waals surface area contributed by atoms with Gasteiger partial charge in [-0.25, -0.2) is 4.79 Å². The summed E-state index contributed by atoms with van der Waals surface area (Å²) in [5.74, 6) is -3.95. The molecule has 0 aromatic carbocycles. The highest BCUT2D eigenvalue weighted by Crippen LogP contribution is 2.59. The van der Waals surface area contributed by atoms with Crippen molar-refractivity contribution >= 4 is 11.9 Å². The molecule has 1 fully saturated rings. The predicted molar refractivity (Wildman–Crippen MR) is 63.4 cm³/mol. The molecule has 2 unspecified atom stereocenters. The summed E-state index contributed by atoms with van der Waals surface area (Å²) in [5, 5.41) is 8.92. The molecule has 0 heterocycles. The summed E-state index contributed by atoms with van der Waals surface area (Å²) in [5.41, 5.74) is -0.512. The molecule has 18 heavy (non-hydrogen) atoms. The van der Waals surface area contributed by atoms with E-state index in [4.69, 9.17) is 9.84 Å². The highest BCUT2D eigenvalue weighted by molar-refractivity contribution is 5.86. The van der Waals surface area contributed by atoms with Crippen LogP contribution in [0.1, 0.15) is 27.7 Å². The Balaban J connectivity index is 2.62. The Morgan fingerprint density at radius 1 is 1.44 bits per heavy atom. The zero-order valence-corrected chi connectivity index (χ0v) is 11.1. The topological polar surface area (TPSA) is 63.6 Å². The molecular formula is C13H19FO4. The van der Waals surface area contributed by atoms with Crippen LogP contribution in [0.4, 0.5) is 4.39 Å². The van der Waals surface area contributed by atoms with Crippen molar-refractivity contribution in [2.75, 3.05) is 6.61 Å². The number of rotatable bonds is 5. The molecule has 1 aliphatic carbocycles. The Morgan fingerprint density at radius 2 is 2.00 bits per heavy atom. The summed E-state index contributed by atoms with van der Waals surface area (Å²) in [6, 6.07) is 0. The number of halogens is 1. The molecule has 0 amide bonds. The third-order valence-electron chi connectivity index (χ3n) is 3.25. The van der Waals surface area contributed by atoms with Crippen molar-refractivity contribution in [2.45, 2.75) is 27.7 Å². The maximum Gasteiger partial charge on any atom is 0.366 e. The lowest BCUT2D eigenvalue weighted by atomic mass is 10.1. The number of aliphatic carboxylic acids is 1. The van der Waals surface area contributed by atoms with Crippen LogP contribution >= 0.6 is 0 Å². The molecule has 0 radical (unpaired) electrons. The third-order valence-corrected chi connectivity index (χ3v) is 3.25. The van der Waals surface area contributed by atoms with Gasteiger partial charge in [0.1, 0.15) is 0 Å². The lowest BCUT2D eigenvalue weighted by molar-refractivity contribution is -0.142. The molecule has 0 spiro atoms. The standard InChI is InChI=1S/C13H19FO4/c1-7(2)6-18-12(17)9(14)5-8-10(11(15)16)13(8,3)4/h5,7-8,10H,6H2,1-4H3,(H,15,16). The van der Waals surface area contributed by atoms with Gasteiger partial charge >= 0.3 is 11.9 Å². The van der Waals surface area contributed by atoms with Gasteiger partial charge in [-0.2, -0.15) is 4.39 Å². The summed E-state index contributed by atoms with van der Waals surface area (Å²) in [7, 11) is 0. The van der Waals surface area contributed by atoms with Crippen LogP contribution in [0.3, 0.4) is 0 Å². The number of allylic oxidation sites excluding steroid dienone is 1. The van der Waals surface area contributed by atoms with Gasteiger partial charge in [-0.1, -0.05) is 27.7 Å². The van der Waals surface area contributed by atoms with E-state index in [1.54, 1.807) is 13.8 Å². The first-order valence-electron chi connectivity index (χ1n) is 5.95. The number of hydrogen-bond donors (Lipinski definition) is 1. The Morgan fingerprint density at radius 3 is 2.39 bits per heavy atom. The van der Waals surface area contributed by atoms with Gasteiger partial charge in [-0.3, -0.25) is 4.79 Å². The fourth-order valence-electron chi connectivity index (χ4n) is 2.00. The fraction of sp³-hybridized carbons (Fsp3) is 0.692. The summed E-state index contributed by atoms with van der Waals surface area (Å²) < 4.78 is 18.2. The zero-order valence-electron chi connectivity index (χ0n) is 11.1. The van der Waals surface area contributed by atoms with Crippen molar-refractivity contribution < 1.29 is 23.8 Å². The highest BCUT2D eigenvalue weighted by Gasteiger charge is 2.61. The molecule has 1 saturated carbocycles. The SMILES string of the molecule is CC(C)COC(=O)C(F)=CC1C(C(=O)O)C1(C)C. The smallest absolute Gasteiger partial charge is 0.366 e. The average molecular weight is 258 g/mol. The first-order chi connectivity index (χ1) is 8.17. The van der Waals surface area contributed by atoms with Gasteiger partial charge in [0.05, 0.1) is 12.5 Å². The maximum atomic E-state index is 13.5. The number of carbonyl (C=O) groups excluding carboxylic acids is 1. The van der Waals surface area contributed by atoms with Crippen LogP contribution in [0, 0.1) is 23.2 Å². The molecule has 5 heteroatoms. The van der Waals surface area contributed by atoms with Gasteiger partial charge < -0.3 is 9.84 Å². The first kappa shape index (κ1) is 14.7. The van der Waals surface area contributed by atoms with Gasteiger partial charge in [0.25, 0.3) is 0 Å². The quantitative estimate of drug-likeness (QED) is 0.607. The number of hydrogen-bond acceptors (Lipinski definition) is 3. The molecule has 0 aliphatic heterocycles. The summed E-state index contributed by atoms with van der Waals surface area (Å²) in [6.07, 6.45) is 1.07. The monoisotopic (exact) mass is 258 g/mol. The van der Waals surface area contributed by atoms with Crippen LogP contribution in [0.5, 0.6) is 0 Å². The molecule has 0 saturated heterocycles. The van der Waals surface area contributed by atoms with Crippen molar-refractivity contribution in [2.24, 2.45) is 23.2 Å². The lowest BCUT2D eigenvalue weighted by Gasteiger charge is -2.05.